The minimum atomic E-state index is -1.05. The van der Waals surface area contributed by atoms with Gasteiger partial charge in [0.15, 0.2) is 0 Å². The highest BCUT2D eigenvalue weighted by Crippen LogP contribution is 2.26. The van der Waals surface area contributed by atoms with E-state index in [1.165, 1.54) is 44.7 Å². The van der Waals surface area contributed by atoms with Gasteiger partial charge in [-0.2, -0.15) is 5.10 Å². The second-order valence-corrected chi connectivity index (χ2v) is 4.71. The molecule has 0 atom stereocenters. The molecule has 0 aliphatic carbocycles. The first-order chi connectivity index (χ1) is 12.1. The van der Waals surface area contributed by atoms with Crippen molar-refractivity contribution in [3.05, 3.63) is 53.8 Å². The second kappa shape index (κ2) is 8.44. The van der Waals surface area contributed by atoms with Gasteiger partial charge < -0.3 is 14.8 Å². The number of nitrogens with zero attached hydrogens (tertiary/aromatic N) is 1. The lowest BCUT2D eigenvalue weighted by Gasteiger charge is -2.09. The van der Waals surface area contributed by atoms with E-state index in [-0.39, 0.29) is 5.69 Å². The van der Waals surface area contributed by atoms with Crippen LogP contribution in [-0.4, -0.2) is 32.2 Å². The summed E-state index contributed by atoms with van der Waals surface area (Å²) in [6.45, 7) is 0. The van der Waals surface area contributed by atoms with E-state index in [1.807, 2.05) is 0 Å². The Bertz CT molecular complexity index is 786. The number of benzene rings is 2. The van der Waals surface area contributed by atoms with Gasteiger partial charge in [0.25, 0.3) is 0 Å². The number of hydrazone groups is 1. The molecule has 0 heterocycles. The van der Waals surface area contributed by atoms with Crippen LogP contribution < -0.4 is 20.2 Å². The van der Waals surface area contributed by atoms with Crippen LogP contribution in [0.4, 0.5) is 10.1 Å². The molecule has 0 aliphatic rings. The number of halogens is 1. The smallest absolute Gasteiger partial charge is 0.329 e. The fourth-order valence-electron chi connectivity index (χ4n) is 1.96. The van der Waals surface area contributed by atoms with Crippen LogP contribution in [0, 0.1) is 5.82 Å². The molecule has 7 nitrogen and oxygen atoms in total. The molecule has 0 saturated heterocycles. The number of anilines is 1. The number of hydrogen-bond donors (Lipinski definition) is 2. The van der Waals surface area contributed by atoms with Gasteiger partial charge in [-0.25, -0.2) is 9.82 Å². The monoisotopic (exact) mass is 345 g/mol. The number of carbonyl (C=O) groups is 2. The van der Waals surface area contributed by atoms with Crippen LogP contribution in [0.15, 0.2) is 47.6 Å². The Kier molecular flexibility index (Phi) is 6.05. The van der Waals surface area contributed by atoms with Crippen molar-refractivity contribution >= 4 is 23.7 Å². The average molecular weight is 345 g/mol. The molecular weight excluding hydrogens is 329 g/mol. The summed E-state index contributed by atoms with van der Waals surface area (Å²) in [5, 5.41) is 5.86. The van der Waals surface area contributed by atoms with E-state index in [1.54, 1.807) is 18.2 Å². The summed E-state index contributed by atoms with van der Waals surface area (Å²) in [5.74, 6) is -1.78. The molecule has 2 amide bonds. The summed E-state index contributed by atoms with van der Waals surface area (Å²) >= 11 is 0. The SMILES string of the molecule is COc1cccc(OC)c1/C=N\NC(=O)C(=O)Nc1ccccc1F. The van der Waals surface area contributed by atoms with E-state index in [0.717, 1.165) is 0 Å². The molecule has 25 heavy (non-hydrogen) atoms. The van der Waals surface area contributed by atoms with Gasteiger partial charge >= 0.3 is 11.8 Å². The van der Waals surface area contributed by atoms with Gasteiger partial charge in [0.1, 0.15) is 17.3 Å². The highest BCUT2D eigenvalue weighted by Gasteiger charge is 2.15. The van der Waals surface area contributed by atoms with Crippen LogP contribution in [0.3, 0.4) is 0 Å². The number of methoxy groups -OCH3 is 2. The number of nitrogens with one attached hydrogen (secondary N) is 2. The Hall–Kier alpha value is -3.42. The van der Waals surface area contributed by atoms with E-state index in [4.69, 9.17) is 9.47 Å². The van der Waals surface area contributed by atoms with Crippen molar-refractivity contribution in [2.24, 2.45) is 5.10 Å². The summed E-state index contributed by atoms with van der Waals surface area (Å²) in [6.07, 6.45) is 1.28. The van der Waals surface area contributed by atoms with Crippen molar-refractivity contribution in [1.82, 2.24) is 5.43 Å². The van der Waals surface area contributed by atoms with Crippen molar-refractivity contribution in [1.29, 1.82) is 0 Å². The molecule has 0 saturated carbocycles. The summed E-state index contributed by atoms with van der Waals surface area (Å²) < 4.78 is 23.8. The van der Waals surface area contributed by atoms with Crippen LogP contribution in [0.5, 0.6) is 11.5 Å². The molecule has 2 aromatic rings. The lowest BCUT2D eigenvalue weighted by Crippen LogP contribution is -2.32. The third-order valence-corrected chi connectivity index (χ3v) is 3.15. The molecule has 2 rings (SSSR count). The number of amides is 2. The Morgan fingerprint density at radius 1 is 1.00 bits per heavy atom. The minimum Gasteiger partial charge on any atom is -0.496 e. The number of ether oxygens (including phenoxy) is 2. The summed E-state index contributed by atoms with van der Waals surface area (Å²) in [6, 6.07) is 10.6. The lowest BCUT2D eigenvalue weighted by molar-refractivity contribution is -0.136. The topological polar surface area (TPSA) is 89.0 Å². The van der Waals surface area contributed by atoms with Gasteiger partial charge in [0, 0.05) is 0 Å². The minimum absolute atomic E-state index is 0.0990. The fourth-order valence-corrected chi connectivity index (χ4v) is 1.96. The summed E-state index contributed by atoms with van der Waals surface area (Å²) in [7, 11) is 2.96. The highest BCUT2D eigenvalue weighted by molar-refractivity contribution is 6.39. The first-order valence-corrected chi connectivity index (χ1v) is 7.16. The van der Waals surface area contributed by atoms with Gasteiger partial charge in [-0.1, -0.05) is 18.2 Å². The predicted octanol–water partition coefficient (Wildman–Crippen LogP) is 1.93. The summed E-state index contributed by atoms with van der Waals surface area (Å²) in [4.78, 5) is 23.5. The second-order valence-electron chi connectivity index (χ2n) is 4.71. The van der Waals surface area contributed by atoms with Gasteiger partial charge in [0.05, 0.1) is 31.7 Å². The first kappa shape index (κ1) is 17.9. The predicted molar refractivity (Wildman–Crippen MR) is 90.3 cm³/mol. The van der Waals surface area contributed by atoms with Gasteiger partial charge in [-0.3, -0.25) is 9.59 Å². The van der Waals surface area contributed by atoms with E-state index < -0.39 is 17.6 Å². The Balaban J connectivity index is 2.03. The fraction of sp³-hybridized carbons (Fsp3) is 0.118. The highest BCUT2D eigenvalue weighted by atomic mass is 19.1. The molecule has 8 heteroatoms. The normalized spacial score (nSPS) is 10.4. The van der Waals surface area contributed by atoms with Crippen LogP contribution in [-0.2, 0) is 9.59 Å². The first-order valence-electron chi connectivity index (χ1n) is 7.16. The third kappa shape index (κ3) is 4.54. The number of para-hydroxylation sites is 1. The number of rotatable bonds is 5. The van der Waals surface area contributed by atoms with E-state index >= 15 is 0 Å². The van der Waals surface area contributed by atoms with E-state index in [9.17, 15) is 14.0 Å². The number of hydrogen-bond acceptors (Lipinski definition) is 5. The molecule has 0 radical (unpaired) electrons. The molecule has 0 aromatic heterocycles. The standard InChI is InChI=1S/C17H16FN3O4/c1-24-14-8-5-9-15(25-2)11(14)10-19-21-17(23)16(22)20-13-7-4-3-6-12(13)18/h3-10H,1-2H3,(H,20,22)(H,21,23)/b19-10-. The largest absolute Gasteiger partial charge is 0.496 e. The zero-order valence-corrected chi connectivity index (χ0v) is 13.6. The van der Waals surface area contributed by atoms with Gasteiger partial charge in [-0.05, 0) is 24.3 Å². The maximum atomic E-state index is 13.4. The zero-order chi connectivity index (χ0) is 18.2. The molecule has 2 N–H and O–H groups in total. The third-order valence-electron chi connectivity index (χ3n) is 3.15. The maximum absolute atomic E-state index is 13.4. The van der Waals surface area contributed by atoms with E-state index in [2.05, 4.69) is 15.8 Å². The van der Waals surface area contributed by atoms with Crippen LogP contribution in [0.25, 0.3) is 0 Å². The average Bonchev–Trinajstić information content (AvgIpc) is 2.63. The van der Waals surface area contributed by atoms with Crippen LogP contribution >= 0.6 is 0 Å². The molecule has 0 spiro atoms. The molecule has 0 unspecified atom stereocenters. The zero-order valence-electron chi connectivity index (χ0n) is 13.6. The van der Waals surface area contributed by atoms with Crippen molar-refractivity contribution in [3.63, 3.8) is 0 Å². The lowest BCUT2D eigenvalue weighted by atomic mass is 10.2. The molecule has 0 bridgehead atoms. The van der Waals surface area contributed by atoms with E-state index in [0.29, 0.717) is 17.1 Å². The quantitative estimate of drug-likeness (QED) is 0.492. The maximum Gasteiger partial charge on any atom is 0.329 e. The van der Waals surface area contributed by atoms with Gasteiger partial charge in [0.2, 0.25) is 0 Å². The molecule has 0 aliphatic heterocycles. The van der Waals surface area contributed by atoms with Crippen LogP contribution in [0.1, 0.15) is 5.56 Å². The molecule has 0 fully saturated rings. The Morgan fingerprint density at radius 3 is 2.24 bits per heavy atom. The van der Waals surface area contributed by atoms with Crippen LogP contribution in [0.2, 0.25) is 0 Å². The Morgan fingerprint density at radius 2 is 1.64 bits per heavy atom. The molecular formula is C17H16FN3O4. The van der Waals surface area contributed by atoms with Crippen molar-refractivity contribution in [2.45, 2.75) is 0 Å². The Labute approximate surface area is 143 Å². The summed E-state index contributed by atoms with van der Waals surface area (Å²) in [5.41, 5.74) is 2.45. The van der Waals surface area contributed by atoms with Gasteiger partial charge in [-0.15, -0.1) is 0 Å². The van der Waals surface area contributed by atoms with Crippen molar-refractivity contribution in [3.8, 4) is 11.5 Å². The van der Waals surface area contributed by atoms with Crippen molar-refractivity contribution < 1.29 is 23.5 Å². The molecule has 130 valence electrons. The molecule has 2 aromatic carbocycles. The number of carbonyl (C=O) groups excluding carboxylic acids is 2. The van der Waals surface area contributed by atoms with Crippen molar-refractivity contribution in [2.75, 3.05) is 19.5 Å².